The first-order chi connectivity index (χ1) is 6.59. The summed E-state index contributed by atoms with van der Waals surface area (Å²) in [6.07, 6.45) is 0.994. The molecule has 0 aliphatic heterocycles. The van der Waals surface area contributed by atoms with Crippen molar-refractivity contribution in [2.24, 2.45) is 0 Å². The zero-order valence-electron chi connectivity index (χ0n) is 7.33. The van der Waals surface area contributed by atoms with Gasteiger partial charge < -0.3 is 10.0 Å². The highest BCUT2D eigenvalue weighted by Crippen LogP contribution is 2.23. The number of ketones is 1. The summed E-state index contributed by atoms with van der Waals surface area (Å²) in [6, 6.07) is 3.07. The average Bonchev–Trinajstić information content (AvgIpc) is 2.47. The number of hydrogen-bond donors (Lipinski definition) is 2. The van der Waals surface area contributed by atoms with Gasteiger partial charge >= 0.3 is 7.12 Å². The second kappa shape index (κ2) is 3.39. The van der Waals surface area contributed by atoms with E-state index >= 15 is 0 Å². The van der Waals surface area contributed by atoms with Crippen molar-refractivity contribution < 1.29 is 14.8 Å². The topological polar surface area (TPSA) is 57.5 Å². The first-order valence-corrected chi connectivity index (χ1v) is 4.69. The number of carbonyl (C=O) groups is 1. The van der Waals surface area contributed by atoms with E-state index in [1.165, 1.54) is 6.07 Å². The van der Waals surface area contributed by atoms with Crippen LogP contribution in [0.1, 0.15) is 22.3 Å². The van der Waals surface area contributed by atoms with Crippen molar-refractivity contribution in [1.29, 1.82) is 0 Å². The van der Waals surface area contributed by atoms with Crippen LogP contribution < -0.4 is 5.46 Å². The van der Waals surface area contributed by atoms with Crippen molar-refractivity contribution in [3.8, 4) is 0 Å². The third kappa shape index (κ3) is 1.45. The summed E-state index contributed by atoms with van der Waals surface area (Å²) in [5.41, 5.74) is 1.59. The van der Waals surface area contributed by atoms with Gasteiger partial charge in [0.15, 0.2) is 5.78 Å². The fourth-order valence-corrected chi connectivity index (χ4v) is 2.02. The summed E-state index contributed by atoms with van der Waals surface area (Å²) in [4.78, 5) is 11.4. The molecule has 0 saturated heterocycles. The number of carbonyl (C=O) groups excluding carboxylic acids is 1. The Morgan fingerprint density at radius 2 is 2.00 bits per heavy atom. The van der Waals surface area contributed by atoms with E-state index in [0.717, 1.165) is 5.56 Å². The maximum atomic E-state index is 11.4. The molecule has 0 fully saturated rings. The van der Waals surface area contributed by atoms with E-state index in [9.17, 15) is 4.79 Å². The lowest BCUT2D eigenvalue weighted by atomic mass is 9.76. The lowest BCUT2D eigenvalue weighted by Gasteiger charge is -2.07. The van der Waals surface area contributed by atoms with Crippen LogP contribution >= 0.6 is 11.6 Å². The molecule has 0 saturated carbocycles. The van der Waals surface area contributed by atoms with Crippen LogP contribution in [0.5, 0.6) is 0 Å². The maximum Gasteiger partial charge on any atom is 0.488 e. The molecule has 5 heteroatoms. The smallest absolute Gasteiger partial charge is 0.423 e. The fraction of sp³-hybridized carbons (Fsp3) is 0.222. The van der Waals surface area contributed by atoms with E-state index in [-0.39, 0.29) is 5.78 Å². The van der Waals surface area contributed by atoms with E-state index in [1.807, 2.05) is 0 Å². The van der Waals surface area contributed by atoms with Crippen molar-refractivity contribution in [2.45, 2.75) is 12.8 Å². The van der Waals surface area contributed by atoms with Crippen molar-refractivity contribution in [2.75, 3.05) is 0 Å². The molecule has 1 aliphatic carbocycles. The molecule has 0 amide bonds. The first kappa shape index (κ1) is 9.71. The van der Waals surface area contributed by atoms with Gasteiger partial charge in [0.25, 0.3) is 0 Å². The van der Waals surface area contributed by atoms with Crippen LogP contribution in [-0.4, -0.2) is 22.9 Å². The molecule has 1 aliphatic rings. The Labute approximate surface area is 86.5 Å². The lowest BCUT2D eigenvalue weighted by Crippen LogP contribution is -2.33. The second-order valence-corrected chi connectivity index (χ2v) is 3.75. The van der Waals surface area contributed by atoms with E-state index in [0.29, 0.717) is 28.9 Å². The Balaban J connectivity index is 2.63. The van der Waals surface area contributed by atoms with Crippen molar-refractivity contribution in [3.63, 3.8) is 0 Å². The Morgan fingerprint density at radius 1 is 1.29 bits per heavy atom. The van der Waals surface area contributed by atoms with E-state index in [4.69, 9.17) is 21.6 Å². The highest BCUT2D eigenvalue weighted by atomic mass is 35.5. The Bertz CT molecular complexity index is 403. The van der Waals surface area contributed by atoms with Crippen LogP contribution in [0.4, 0.5) is 0 Å². The summed E-state index contributed by atoms with van der Waals surface area (Å²) in [7, 11) is -1.56. The largest absolute Gasteiger partial charge is 0.488 e. The highest BCUT2D eigenvalue weighted by Gasteiger charge is 2.27. The lowest BCUT2D eigenvalue weighted by molar-refractivity contribution is 0.0994. The molecule has 0 radical (unpaired) electrons. The molecule has 2 rings (SSSR count). The SMILES string of the molecule is O=C1CCc2c(B(O)O)cc(Cl)cc21. The number of rotatable bonds is 1. The molecule has 0 aromatic heterocycles. The van der Waals surface area contributed by atoms with Crippen LogP contribution in [0, 0.1) is 0 Å². The predicted octanol–water partition coefficient (Wildman–Crippen LogP) is 0.149. The van der Waals surface area contributed by atoms with Gasteiger partial charge in [-0.3, -0.25) is 4.79 Å². The van der Waals surface area contributed by atoms with Crippen molar-refractivity contribution in [3.05, 3.63) is 28.3 Å². The normalized spacial score (nSPS) is 14.4. The Kier molecular flexibility index (Phi) is 2.35. The standard InChI is InChI=1S/C9H8BClO3/c11-5-3-7-6(1-2-9(7)12)8(4-5)10(13)14/h3-4,13-14H,1-2H2. The summed E-state index contributed by atoms with van der Waals surface area (Å²) in [5, 5.41) is 18.5. The van der Waals surface area contributed by atoms with Crippen molar-refractivity contribution in [1.82, 2.24) is 0 Å². The van der Waals surface area contributed by atoms with Gasteiger partial charge in [-0.1, -0.05) is 11.6 Å². The van der Waals surface area contributed by atoms with Gasteiger partial charge in [0.2, 0.25) is 0 Å². The van der Waals surface area contributed by atoms with Gasteiger partial charge in [0, 0.05) is 17.0 Å². The number of benzene rings is 1. The molecule has 0 spiro atoms. The molecule has 0 unspecified atom stereocenters. The minimum Gasteiger partial charge on any atom is -0.423 e. The minimum absolute atomic E-state index is 0.0180. The van der Waals surface area contributed by atoms with Crippen molar-refractivity contribution >= 4 is 30.0 Å². The highest BCUT2D eigenvalue weighted by molar-refractivity contribution is 6.60. The molecule has 0 heterocycles. The van der Waals surface area contributed by atoms with Crippen LogP contribution in [0.2, 0.25) is 5.02 Å². The number of Topliss-reactive ketones (excluding diaryl/α,β-unsaturated/α-hetero) is 1. The van der Waals surface area contributed by atoms with Crippen LogP contribution in [0.25, 0.3) is 0 Å². The first-order valence-electron chi connectivity index (χ1n) is 4.31. The van der Waals surface area contributed by atoms with E-state index in [1.54, 1.807) is 6.07 Å². The molecule has 3 nitrogen and oxygen atoms in total. The molecule has 1 aromatic carbocycles. The molecular formula is C9H8BClO3. The number of halogens is 1. The molecule has 2 N–H and O–H groups in total. The van der Waals surface area contributed by atoms with Gasteiger partial charge in [-0.05, 0) is 29.6 Å². The molecular weight excluding hydrogens is 202 g/mol. The van der Waals surface area contributed by atoms with Crippen LogP contribution in [-0.2, 0) is 6.42 Å². The third-order valence-corrected chi connectivity index (χ3v) is 2.65. The minimum atomic E-state index is -1.56. The molecule has 1 aromatic rings. The monoisotopic (exact) mass is 210 g/mol. The second-order valence-electron chi connectivity index (χ2n) is 3.32. The summed E-state index contributed by atoms with van der Waals surface area (Å²) >= 11 is 5.76. The van der Waals surface area contributed by atoms with Gasteiger partial charge in [-0.2, -0.15) is 0 Å². The quantitative estimate of drug-likeness (QED) is 0.649. The average molecular weight is 210 g/mol. The van der Waals surface area contributed by atoms with Crippen LogP contribution in [0.15, 0.2) is 12.1 Å². The molecule has 72 valence electrons. The number of hydrogen-bond acceptors (Lipinski definition) is 3. The third-order valence-electron chi connectivity index (χ3n) is 2.43. The van der Waals surface area contributed by atoms with E-state index < -0.39 is 7.12 Å². The predicted molar refractivity (Wildman–Crippen MR) is 53.9 cm³/mol. The van der Waals surface area contributed by atoms with Gasteiger partial charge in [-0.15, -0.1) is 0 Å². The zero-order chi connectivity index (χ0) is 10.3. The zero-order valence-corrected chi connectivity index (χ0v) is 8.08. The van der Waals surface area contributed by atoms with Crippen LogP contribution in [0.3, 0.4) is 0 Å². The Morgan fingerprint density at radius 3 is 2.64 bits per heavy atom. The molecule has 0 bridgehead atoms. The van der Waals surface area contributed by atoms with Gasteiger partial charge in [-0.25, -0.2) is 0 Å². The molecule has 0 atom stereocenters. The number of fused-ring (bicyclic) bond motifs is 1. The summed E-state index contributed by atoms with van der Waals surface area (Å²) in [6.45, 7) is 0. The van der Waals surface area contributed by atoms with Gasteiger partial charge in [0.05, 0.1) is 0 Å². The molecule has 14 heavy (non-hydrogen) atoms. The Hall–Kier alpha value is -0.835. The van der Waals surface area contributed by atoms with Gasteiger partial charge in [0.1, 0.15) is 0 Å². The fourth-order valence-electron chi connectivity index (χ4n) is 1.79. The maximum absolute atomic E-state index is 11.4. The summed E-state index contributed by atoms with van der Waals surface area (Å²) < 4.78 is 0. The van der Waals surface area contributed by atoms with E-state index in [2.05, 4.69) is 0 Å². The summed E-state index contributed by atoms with van der Waals surface area (Å²) in [5.74, 6) is 0.0180.